The third-order valence-electron chi connectivity index (χ3n) is 7.37. The van der Waals surface area contributed by atoms with Gasteiger partial charge < -0.3 is 10.1 Å². The molecule has 0 saturated carbocycles. The third-order valence-corrected chi connectivity index (χ3v) is 8.53. The number of aliphatic imine (C=N–C) groups is 1. The van der Waals surface area contributed by atoms with E-state index in [2.05, 4.69) is 25.1 Å². The van der Waals surface area contributed by atoms with Gasteiger partial charge in [-0.25, -0.2) is 14.5 Å². The van der Waals surface area contributed by atoms with E-state index in [0.29, 0.717) is 40.2 Å². The van der Waals surface area contributed by atoms with Crippen LogP contribution in [0.25, 0.3) is 17.1 Å². The van der Waals surface area contributed by atoms with E-state index < -0.39 is 12.4 Å². The van der Waals surface area contributed by atoms with Crippen molar-refractivity contribution in [3.05, 3.63) is 88.7 Å². The maximum atomic E-state index is 13.0. The molecule has 0 radical (unpaired) electrons. The van der Waals surface area contributed by atoms with E-state index in [0.717, 1.165) is 22.3 Å². The van der Waals surface area contributed by atoms with Crippen LogP contribution in [-0.2, 0) is 17.6 Å². The van der Waals surface area contributed by atoms with Crippen molar-refractivity contribution in [2.75, 3.05) is 10.7 Å². The molecule has 0 spiro atoms. The number of nitrogens with one attached hydrogen (secondary N) is 1. The lowest BCUT2D eigenvalue weighted by molar-refractivity contribution is -0.274. The monoisotopic (exact) mass is 654 g/mol. The summed E-state index contributed by atoms with van der Waals surface area (Å²) in [6, 6.07) is 15.8. The van der Waals surface area contributed by atoms with Gasteiger partial charge in [0.15, 0.2) is 11.0 Å². The van der Waals surface area contributed by atoms with Crippen LogP contribution in [-0.4, -0.2) is 50.0 Å². The van der Waals surface area contributed by atoms with Gasteiger partial charge in [0.2, 0.25) is 5.91 Å². The Bertz CT molecular complexity index is 1810. The summed E-state index contributed by atoms with van der Waals surface area (Å²) in [4.78, 5) is 36.0. The molecule has 2 heterocycles. The van der Waals surface area contributed by atoms with Crippen molar-refractivity contribution in [3.63, 3.8) is 0 Å². The van der Waals surface area contributed by atoms with Crippen LogP contribution in [0.3, 0.4) is 0 Å². The molecule has 2 aliphatic rings. The Morgan fingerprint density at radius 3 is 2.58 bits per heavy atom. The highest BCUT2D eigenvalue weighted by Crippen LogP contribution is 2.35. The van der Waals surface area contributed by atoms with Crippen molar-refractivity contribution in [2.45, 2.75) is 45.0 Å². The molecule has 1 N–H and O–H groups in total. The Morgan fingerprint density at radius 2 is 1.84 bits per heavy atom. The van der Waals surface area contributed by atoms with Crippen molar-refractivity contribution in [3.8, 4) is 22.8 Å². The van der Waals surface area contributed by atoms with Crippen LogP contribution in [0.1, 0.15) is 36.5 Å². The molecule has 4 aromatic rings. The molecule has 3 amide bonds. The van der Waals surface area contributed by atoms with Crippen molar-refractivity contribution in [2.24, 2.45) is 4.99 Å². The van der Waals surface area contributed by atoms with Gasteiger partial charge in [-0.3, -0.25) is 9.69 Å². The third kappa shape index (κ3) is 6.84. The number of amides is 3. The number of hydrogen-bond donors (Lipinski definition) is 1. The van der Waals surface area contributed by atoms with Crippen LogP contribution in [0.5, 0.6) is 5.75 Å². The molecule has 1 aliphatic heterocycles. The fourth-order valence-electron chi connectivity index (χ4n) is 5.35. The Kier molecular flexibility index (Phi) is 8.31. The number of ether oxygens (including phenoxy) is 1. The molecule has 1 aromatic heterocycles. The Morgan fingerprint density at radius 1 is 1.09 bits per heavy atom. The predicted octanol–water partition coefficient (Wildman–Crippen LogP) is 6.92. The zero-order valence-electron chi connectivity index (χ0n) is 24.0. The average molecular weight is 655 g/mol. The number of amidine groups is 1. The summed E-state index contributed by atoms with van der Waals surface area (Å²) in [5.41, 5.74) is 4.94. The number of carbonyl (C=O) groups excluding carboxylic acids is 2. The Balaban J connectivity index is 1.13. The fraction of sp³-hybridized carbons (Fsp3) is 0.258. The first kappa shape index (κ1) is 30.7. The Hall–Kier alpha value is -4.36. The molecular formula is C31H26ClF3N6O3S. The summed E-state index contributed by atoms with van der Waals surface area (Å²) >= 11 is 7.46. The van der Waals surface area contributed by atoms with Gasteiger partial charge in [0, 0.05) is 16.6 Å². The zero-order chi connectivity index (χ0) is 31.9. The smallest absolute Gasteiger partial charge is 0.406 e. The van der Waals surface area contributed by atoms with Crippen molar-refractivity contribution >= 4 is 46.2 Å². The van der Waals surface area contributed by atoms with E-state index in [-0.39, 0.29) is 29.4 Å². The number of halogens is 4. The molecule has 1 fully saturated rings. The first-order chi connectivity index (χ1) is 21.4. The highest BCUT2D eigenvalue weighted by atomic mass is 35.5. The normalized spacial score (nSPS) is 17.3. The summed E-state index contributed by atoms with van der Waals surface area (Å²) in [5, 5.41) is 8.25. The van der Waals surface area contributed by atoms with Gasteiger partial charge in [0.05, 0.1) is 17.1 Å². The quantitative estimate of drug-likeness (QED) is 0.242. The highest BCUT2D eigenvalue weighted by molar-refractivity contribution is 8.15. The fourth-order valence-corrected chi connectivity index (χ4v) is 6.38. The molecule has 0 bridgehead atoms. The average Bonchev–Trinajstić information content (AvgIpc) is 3.70. The number of thioether (sulfide) groups is 1. The lowest BCUT2D eigenvalue weighted by atomic mass is 10.0. The van der Waals surface area contributed by atoms with Gasteiger partial charge >= 0.3 is 12.4 Å². The van der Waals surface area contributed by atoms with Crippen LogP contribution >= 0.6 is 23.4 Å². The van der Waals surface area contributed by atoms with Gasteiger partial charge in [-0.05, 0) is 77.9 Å². The number of hydrogen-bond acceptors (Lipinski definition) is 6. The minimum Gasteiger partial charge on any atom is -0.406 e. The SMILES string of the molecule is CC(C)c1ccc(Cl)cc1N1C(=O)CS/C1=N\C(=O)NC1Cc2ccc(-c3ncn(-c4ccc(OC(F)(F)F)cc4)n3)cc2C1. The lowest BCUT2D eigenvalue weighted by Gasteiger charge is -2.22. The molecular weight excluding hydrogens is 629 g/mol. The second-order valence-corrected chi connectivity index (χ2v) is 12.2. The number of alkyl halides is 3. The van der Waals surface area contributed by atoms with Crippen LogP contribution in [0.15, 0.2) is 72.0 Å². The number of rotatable bonds is 6. The number of urea groups is 1. The molecule has 1 unspecified atom stereocenters. The number of carbonyl (C=O) groups is 2. The number of aromatic nitrogens is 3. The standard InChI is InChI=1S/C31H26ClF3N6O3S/c1-17(2)25-10-5-21(32)14-26(25)41-27(42)15-45-30(41)38-29(43)37-22-12-18-3-4-19(11-20(18)13-22)28-36-16-40(39-28)23-6-8-24(9-7-23)44-31(33,34)35/h3-11,14,16-17,22H,12-13,15H2,1-2H3,(H,37,43)/b38-30-. The van der Waals surface area contributed by atoms with Gasteiger partial charge in [0.25, 0.3) is 0 Å². The highest BCUT2D eigenvalue weighted by Gasteiger charge is 2.33. The summed E-state index contributed by atoms with van der Waals surface area (Å²) in [7, 11) is 0. The van der Waals surface area contributed by atoms with Crippen molar-refractivity contribution < 1.29 is 27.5 Å². The molecule has 1 atom stereocenters. The minimum atomic E-state index is -4.77. The van der Waals surface area contributed by atoms with Gasteiger partial charge in [0.1, 0.15) is 12.1 Å². The van der Waals surface area contributed by atoms with E-state index in [1.54, 1.807) is 12.1 Å². The maximum absolute atomic E-state index is 13.0. The zero-order valence-corrected chi connectivity index (χ0v) is 25.6. The largest absolute Gasteiger partial charge is 0.573 e. The van der Waals surface area contributed by atoms with E-state index in [4.69, 9.17) is 11.6 Å². The second kappa shape index (κ2) is 12.2. The number of benzene rings is 3. The number of fused-ring (bicyclic) bond motifs is 1. The van der Waals surface area contributed by atoms with E-state index >= 15 is 0 Å². The van der Waals surface area contributed by atoms with Crippen LogP contribution < -0.4 is 15.0 Å². The number of anilines is 1. The lowest BCUT2D eigenvalue weighted by Crippen LogP contribution is -2.36. The van der Waals surface area contributed by atoms with Gasteiger partial charge in [-0.15, -0.1) is 18.3 Å². The molecule has 6 rings (SSSR count). The van der Waals surface area contributed by atoms with Gasteiger partial charge in [-0.1, -0.05) is 55.4 Å². The first-order valence-corrected chi connectivity index (χ1v) is 15.3. The summed E-state index contributed by atoms with van der Waals surface area (Å²) in [6.45, 7) is 4.04. The minimum absolute atomic E-state index is 0.130. The summed E-state index contributed by atoms with van der Waals surface area (Å²) < 4.78 is 42.8. The van der Waals surface area contributed by atoms with Gasteiger partial charge in [-0.2, -0.15) is 4.99 Å². The van der Waals surface area contributed by atoms with E-state index in [1.165, 1.54) is 51.9 Å². The molecule has 9 nitrogen and oxygen atoms in total. The topological polar surface area (TPSA) is 102 Å². The van der Waals surface area contributed by atoms with Crippen molar-refractivity contribution in [1.82, 2.24) is 20.1 Å². The molecule has 1 saturated heterocycles. The summed E-state index contributed by atoms with van der Waals surface area (Å²) in [6.07, 6.45) is -2.10. The molecule has 232 valence electrons. The predicted molar refractivity (Wildman–Crippen MR) is 166 cm³/mol. The molecule has 3 aromatic carbocycles. The van der Waals surface area contributed by atoms with Crippen molar-refractivity contribution in [1.29, 1.82) is 0 Å². The van der Waals surface area contributed by atoms with E-state index in [1.807, 2.05) is 38.1 Å². The number of nitrogens with zero attached hydrogens (tertiary/aromatic N) is 5. The first-order valence-electron chi connectivity index (χ1n) is 14.0. The van der Waals surface area contributed by atoms with Crippen LogP contribution in [0.4, 0.5) is 23.7 Å². The van der Waals surface area contributed by atoms with Crippen LogP contribution in [0.2, 0.25) is 5.02 Å². The maximum Gasteiger partial charge on any atom is 0.573 e. The summed E-state index contributed by atoms with van der Waals surface area (Å²) in [5.74, 6) is 0.254. The molecule has 14 heteroatoms. The van der Waals surface area contributed by atoms with E-state index in [9.17, 15) is 22.8 Å². The Labute approximate surface area is 265 Å². The molecule has 1 aliphatic carbocycles. The van der Waals surface area contributed by atoms with Crippen LogP contribution in [0, 0.1) is 0 Å². The second-order valence-electron chi connectivity index (χ2n) is 10.9. The molecule has 45 heavy (non-hydrogen) atoms.